The first-order chi connectivity index (χ1) is 6.28. The van der Waals surface area contributed by atoms with E-state index in [2.05, 4.69) is 5.32 Å². The third-order valence-corrected chi connectivity index (χ3v) is 1.98. The lowest BCUT2D eigenvalue weighted by Crippen LogP contribution is -2.46. The van der Waals surface area contributed by atoms with Gasteiger partial charge in [-0.2, -0.15) is 0 Å². The number of nitrogens with one attached hydrogen (secondary N) is 1. The minimum absolute atomic E-state index is 0.0247. The van der Waals surface area contributed by atoms with E-state index in [-0.39, 0.29) is 17.5 Å². The van der Waals surface area contributed by atoms with Crippen molar-refractivity contribution >= 4 is 6.03 Å². The van der Waals surface area contributed by atoms with Crippen molar-refractivity contribution in [1.82, 2.24) is 10.2 Å². The van der Waals surface area contributed by atoms with Gasteiger partial charge in [0.1, 0.15) is 0 Å². The minimum Gasteiger partial charge on any atom is -0.336 e. The number of amides is 2. The summed E-state index contributed by atoms with van der Waals surface area (Å²) in [5, 5.41) is 2.84. The molecule has 0 bridgehead atoms. The molecule has 14 heavy (non-hydrogen) atoms. The van der Waals surface area contributed by atoms with Crippen molar-refractivity contribution in [3.05, 3.63) is 0 Å². The van der Waals surface area contributed by atoms with Gasteiger partial charge in [-0.05, 0) is 25.8 Å². The average molecular weight is 201 g/mol. The Kier molecular flexibility index (Phi) is 4.91. The number of nitrogens with zero attached hydrogens (tertiary/aromatic N) is 1. The predicted octanol–water partition coefficient (Wildman–Crippen LogP) is 1.02. The van der Waals surface area contributed by atoms with Crippen molar-refractivity contribution < 1.29 is 4.79 Å². The zero-order valence-electron chi connectivity index (χ0n) is 9.92. The van der Waals surface area contributed by atoms with Crippen LogP contribution in [0.5, 0.6) is 0 Å². The number of rotatable bonds is 4. The molecule has 0 aliphatic carbocycles. The van der Waals surface area contributed by atoms with E-state index in [1.165, 1.54) is 0 Å². The van der Waals surface area contributed by atoms with E-state index in [4.69, 9.17) is 5.73 Å². The molecule has 2 amide bonds. The molecule has 3 N–H and O–H groups in total. The van der Waals surface area contributed by atoms with Crippen LogP contribution in [0, 0.1) is 5.41 Å². The number of carbonyl (C=O) groups is 1. The van der Waals surface area contributed by atoms with Gasteiger partial charge >= 0.3 is 6.03 Å². The fourth-order valence-electron chi connectivity index (χ4n) is 1.14. The van der Waals surface area contributed by atoms with E-state index in [0.717, 1.165) is 0 Å². The van der Waals surface area contributed by atoms with Gasteiger partial charge in [-0.1, -0.05) is 13.8 Å². The van der Waals surface area contributed by atoms with Crippen molar-refractivity contribution in [1.29, 1.82) is 0 Å². The van der Waals surface area contributed by atoms with Crippen molar-refractivity contribution in [3.63, 3.8) is 0 Å². The SMILES string of the molecule is CC(C)NC(=O)N(C)CC(C)(C)CN. The summed E-state index contributed by atoms with van der Waals surface area (Å²) >= 11 is 0. The van der Waals surface area contributed by atoms with Crippen LogP contribution in [0.2, 0.25) is 0 Å². The minimum atomic E-state index is -0.0403. The van der Waals surface area contributed by atoms with Gasteiger partial charge < -0.3 is 16.0 Å². The maximum Gasteiger partial charge on any atom is 0.317 e. The lowest BCUT2D eigenvalue weighted by Gasteiger charge is -2.29. The Morgan fingerprint density at radius 2 is 2.00 bits per heavy atom. The highest BCUT2D eigenvalue weighted by Crippen LogP contribution is 2.13. The standard InChI is InChI=1S/C10H23N3O/c1-8(2)12-9(14)13(5)7-10(3,4)6-11/h8H,6-7,11H2,1-5H3,(H,12,14). The van der Waals surface area contributed by atoms with E-state index < -0.39 is 0 Å². The summed E-state index contributed by atoms with van der Waals surface area (Å²) in [6, 6.07) is 0.132. The third-order valence-electron chi connectivity index (χ3n) is 1.98. The van der Waals surface area contributed by atoms with Crippen LogP contribution >= 0.6 is 0 Å². The highest BCUT2D eigenvalue weighted by Gasteiger charge is 2.21. The van der Waals surface area contributed by atoms with Gasteiger partial charge in [-0.25, -0.2) is 4.79 Å². The van der Waals surface area contributed by atoms with Gasteiger partial charge in [0.25, 0.3) is 0 Å². The monoisotopic (exact) mass is 201 g/mol. The number of carbonyl (C=O) groups excluding carboxylic acids is 1. The van der Waals surface area contributed by atoms with E-state index in [1.54, 1.807) is 11.9 Å². The van der Waals surface area contributed by atoms with Gasteiger partial charge in [0.15, 0.2) is 0 Å². The molecule has 0 aliphatic heterocycles. The molecule has 84 valence electrons. The van der Waals surface area contributed by atoms with Crippen LogP contribution in [-0.4, -0.2) is 37.1 Å². The van der Waals surface area contributed by atoms with Gasteiger partial charge in [0, 0.05) is 19.6 Å². The molecule has 0 aromatic carbocycles. The molecule has 0 aliphatic rings. The Morgan fingerprint density at radius 3 is 2.36 bits per heavy atom. The summed E-state index contributed by atoms with van der Waals surface area (Å²) < 4.78 is 0. The van der Waals surface area contributed by atoms with Crippen LogP contribution in [-0.2, 0) is 0 Å². The van der Waals surface area contributed by atoms with E-state index in [9.17, 15) is 4.79 Å². The zero-order valence-corrected chi connectivity index (χ0v) is 9.92. The van der Waals surface area contributed by atoms with E-state index in [1.807, 2.05) is 27.7 Å². The second kappa shape index (κ2) is 5.20. The predicted molar refractivity (Wildman–Crippen MR) is 59.1 cm³/mol. The summed E-state index contributed by atoms with van der Waals surface area (Å²) in [5.74, 6) is 0. The molecule has 0 heterocycles. The summed E-state index contributed by atoms with van der Waals surface area (Å²) in [6.07, 6.45) is 0. The first kappa shape index (κ1) is 13.2. The Hall–Kier alpha value is -0.770. The van der Waals surface area contributed by atoms with Gasteiger partial charge in [-0.3, -0.25) is 0 Å². The molecule has 0 aromatic rings. The van der Waals surface area contributed by atoms with E-state index >= 15 is 0 Å². The number of hydrogen-bond acceptors (Lipinski definition) is 2. The highest BCUT2D eigenvalue weighted by molar-refractivity contribution is 5.74. The zero-order chi connectivity index (χ0) is 11.4. The molecular weight excluding hydrogens is 178 g/mol. The molecule has 4 heteroatoms. The van der Waals surface area contributed by atoms with Crippen LogP contribution in [0.25, 0.3) is 0 Å². The summed E-state index contributed by atoms with van der Waals surface area (Å²) in [5.41, 5.74) is 5.57. The van der Waals surface area contributed by atoms with E-state index in [0.29, 0.717) is 13.1 Å². The largest absolute Gasteiger partial charge is 0.336 e. The number of urea groups is 1. The molecule has 0 radical (unpaired) electrons. The Balaban J connectivity index is 4.07. The fourth-order valence-corrected chi connectivity index (χ4v) is 1.14. The Morgan fingerprint density at radius 1 is 1.50 bits per heavy atom. The smallest absolute Gasteiger partial charge is 0.317 e. The highest BCUT2D eigenvalue weighted by atomic mass is 16.2. The van der Waals surface area contributed by atoms with Crippen LogP contribution < -0.4 is 11.1 Å². The van der Waals surface area contributed by atoms with Gasteiger partial charge in [-0.15, -0.1) is 0 Å². The lowest BCUT2D eigenvalue weighted by atomic mass is 9.93. The van der Waals surface area contributed by atoms with Crippen LogP contribution in [0.15, 0.2) is 0 Å². The molecule has 0 atom stereocenters. The molecule has 0 saturated carbocycles. The molecule has 0 spiro atoms. The molecule has 0 saturated heterocycles. The molecule has 0 fully saturated rings. The number of nitrogens with two attached hydrogens (primary N) is 1. The summed E-state index contributed by atoms with van der Waals surface area (Å²) in [4.78, 5) is 13.2. The molecule has 0 unspecified atom stereocenters. The molecule has 0 rings (SSSR count). The number of hydrogen-bond donors (Lipinski definition) is 2. The normalized spacial score (nSPS) is 11.6. The van der Waals surface area contributed by atoms with Crippen LogP contribution in [0.1, 0.15) is 27.7 Å². The van der Waals surface area contributed by atoms with Crippen molar-refractivity contribution in [2.24, 2.45) is 11.1 Å². The summed E-state index contributed by atoms with van der Waals surface area (Å²) in [7, 11) is 1.79. The van der Waals surface area contributed by atoms with Crippen molar-refractivity contribution in [3.8, 4) is 0 Å². The Labute approximate surface area is 86.8 Å². The first-order valence-electron chi connectivity index (χ1n) is 5.00. The quantitative estimate of drug-likeness (QED) is 0.713. The van der Waals surface area contributed by atoms with Crippen molar-refractivity contribution in [2.45, 2.75) is 33.7 Å². The molecule has 4 nitrogen and oxygen atoms in total. The fraction of sp³-hybridized carbons (Fsp3) is 0.900. The maximum atomic E-state index is 11.5. The average Bonchev–Trinajstić information content (AvgIpc) is 2.02. The second-order valence-electron chi connectivity index (χ2n) is 4.83. The van der Waals surface area contributed by atoms with Crippen LogP contribution in [0.3, 0.4) is 0 Å². The Bertz CT molecular complexity index is 190. The van der Waals surface area contributed by atoms with Crippen LogP contribution in [0.4, 0.5) is 4.79 Å². The molecule has 0 aromatic heterocycles. The van der Waals surface area contributed by atoms with Gasteiger partial charge in [0.2, 0.25) is 0 Å². The van der Waals surface area contributed by atoms with Gasteiger partial charge in [0.05, 0.1) is 0 Å². The second-order valence-corrected chi connectivity index (χ2v) is 4.83. The van der Waals surface area contributed by atoms with Crippen molar-refractivity contribution in [2.75, 3.05) is 20.1 Å². The summed E-state index contributed by atoms with van der Waals surface area (Å²) in [6.45, 7) is 9.23. The lowest BCUT2D eigenvalue weighted by molar-refractivity contribution is 0.183. The maximum absolute atomic E-state index is 11.5. The molecular formula is C10H23N3O. The first-order valence-corrected chi connectivity index (χ1v) is 5.00. The topological polar surface area (TPSA) is 58.4 Å². The third kappa shape index (κ3) is 5.07.